The van der Waals surface area contributed by atoms with E-state index in [1.54, 1.807) is 19.5 Å². The van der Waals surface area contributed by atoms with Crippen LogP contribution in [-0.2, 0) is 11.3 Å². The number of nitrogens with one attached hydrogen (secondary N) is 3. The Labute approximate surface area is 94.5 Å². The molecule has 0 spiro atoms. The summed E-state index contributed by atoms with van der Waals surface area (Å²) in [5.74, 6) is 6.64. The van der Waals surface area contributed by atoms with Crippen LogP contribution in [0.2, 0.25) is 0 Å². The average molecular weight is 226 g/mol. The van der Waals surface area contributed by atoms with Crippen molar-refractivity contribution in [3.8, 4) is 0 Å². The lowest BCUT2D eigenvalue weighted by Crippen LogP contribution is -2.46. The molecule has 0 aliphatic rings. The second kappa shape index (κ2) is 6.81. The minimum absolute atomic E-state index is 0.136. The van der Waals surface area contributed by atoms with Crippen molar-refractivity contribution >= 4 is 5.96 Å². The molecule has 7 heteroatoms. The summed E-state index contributed by atoms with van der Waals surface area (Å²) >= 11 is 0. The summed E-state index contributed by atoms with van der Waals surface area (Å²) in [4.78, 5) is 11.2. The molecule has 0 bridgehead atoms. The van der Waals surface area contributed by atoms with Gasteiger partial charge in [-0.05, 0) is 6.92 Å². The number of imidazole rings is 1. The minimum Gasteiger partial charge on any atom is -0.383 e. The summed E-state index contributed by atoms with van der Waals surface area (Å²) in [6, 6.07) is 0.136. The van der Waals surface area contributed by atoms with Crippen LogP contribution in [0.4, 0.5) is 0 Å². The van der Waals surface area contributed by atoms with Crippen molar-refractivity contribution in [3.05, 3.63) is 18.2 Å². The molecule has 1 aromatic heterocycles. The van der Waals surface area contributed by atoms with Crippen molar-refractivity contribution in [2.45, 2.75) is 19.5 Å². The van der Waals surface area contributed by atoms with Gasteiger partial charge in [0.05, 0.1) is 6.61 Å². The number of aromatic amines is 1. The van der Waals surface area contributed by atoms with Gasteiger partial charge < -0.3 is 15.0 Å². The Morgan fingerprint density at radius 2 is 2.56 bits per heavy atom. The van der Waals surface area contributed by atoms with Gasteiger partial charge in [-0.25, -0.2) is 15.8 Å². The highest BCUT2D eigenvalue weighted by Gasteiger charge is 2.03. The van der Waals surface area contributed by atoms with Crippen LogP contribution >= 0.6 is 0 Å². The minimum atomic E-state index is 0.136. The van der Waals surface area contributed by atoms with Crippen molar-refractivity contribution in [1.82, 2.24) is 20.7 Å². The van der Waals surface area contributed by atoms with E-state index >= 15 is 0 Å². The van der Waals surface area contributed by atoms with Gasteiger partial charge in [0, 0.05) is 25.5 Å². The number of hydrazine groups is 1. The molecule has 16 heavy (non-hydrogen) atoms. The fraction of sp³-hybridized carbons (Fsp3) is 0.556. The Kier molecular flexibility index (Phi) is 5.30. The number of guanidine groups is 1. The first kappa shape index (κ1) is 12.5. The molecule has 0 aromatic carbocycles. The Morgan fingerprint density at radius 1 is 1.75 bits per heavy atom. The van der Waals surface area contributed by atoms with Crippen LogP contribution in [0.25, 0.3) is 0 Å². The maximum absolute atomic E-state index is 5.34. The summed E-state index contributed by atoms with van der Waals surface area (Å²) in [6.07, 6.45) is 3.43. The van der Waals surface area contributed by atoms with E-state index in [9.17, 15) is 0 Å². The lowest BCUT2D eigenvalue weighted by atomic mass is 10.4. The summed E-state index contributed by atoms with van der Waals surface area (Å²) in [5.41, 5.74) is 2.50. The van der Waals surface area contributed by atoms with Crippen LogP contribution in [0.1, 0.15) is 12.7 Å². The molecule has 5 N–H and O–H groups in total. The SMILES string of the molecule is COCC(C)NC(=NCc1ncc[nH]1)NN. The maximum Gasteiger partial charge on any atom is 0.206 e. The number of hydrogen-bond donors (Lipinski definition) is 4. The van der Waals surface area contributed by atoms with E-state index in [-0.39, 0.29) is 6.04 Å². The topological polar surface area (TPSA) is 100 Å². The zero-order valence-corrected chi connectivity index (χ0v) is 9.53. The van der Waals surface area contributed by atoms with E-state index in [1.165, 1.54) is 0 Å². The predicted molar refractivity (Wildman–Crippen MR) is 61.5 cm³/mol. The first-order valence-electron chi connectivity index (χ1n) is 5.01. The highest BCUT2D eigenvalue weighted by molar-refractivity contribution is 5.79. The third-order valence-corrected chi connectivity index (χ3v) is 1.88. The van der Waals surface area contributed by atoms with Gasteiger partial charge in [0.2, 0.25) is 5.96 Å². The number of H-pyrrole nitrogens is 1. The summed E-state index contributed by atoms with van der Waals surface area (Å²) in [5, 5.41) is 3.08. The Morgan fingerprint density at radius 3 is 3.12 bits per heavy atom. The van der Waals surface area contributed by atoms with E-state index in [1.807, 2.05) is 6.92 Å². The summed E-state index contributed by atoms with van der Waals surface area (Å²) in [6.45, 7) is 3.00. The smallest absolute Gasteiger partial charge is 0.206 e. The van der Waals surface area contributed by atoms with Gasteiger partial charge in [-0.1, -0.05) is 0 Å². The molecule has 0 amide bonds. The number of methoxy groups -OCH3 is 1. The first-order chi connectivity index (χ1) is 7.76. The summed E-state index contributed by atoms with van der Waals surface area (Å²) in [7, 11) is 1.65. The largest absolute Gasteiger partial charge is 0.383 e. The standard InChI is InChI=1S/C9H18N6O/c1-7(6-16-2)14-9(15-10)13-5-8-11-3-4-12-8/h3-4,7H,5-6,10H2,1-2H3,(H,11,12)(H2,13,14,15). The van der Waals surface area contributed by atoms with E-state index in [0.29, 0.717) is 19.1 Å². The molecule has 0 aliphatic heterocycles. The third kappa shape index (κ3) is 4.28. The molecule has 0 aliphatic carbocycles. The third-order valence-electron chi connectivity index (χ3n) is 1.88. The van der Waals surface area contributed by atoms with Gasteiger partial charge in [0.15, 0.2) is 0 Å². The monoisotopic (exact) mass is 226 g/mol. The highest BCUT2D eigenvalue weighted by atomic mass is 16.5. The van der Waals surface area contributed by atoms with Crippen molar-refractivity contribution in [3.63, 3.8) is 0 Å². The Bertz CT molecular complexity index is 310. The van der Waals surface area contributed by atoms with E-state index < -0.39 is 0 Å². The second-order valence-electron chi connectivity index (χ2n) is 3.35. The molecule has 1 rings (SSSR count). The van der Waals surface area contributed by atoms with Crippen molar-refractivity contribution in [2.75, 3.05) is 13.7 Å². The lowest BCUT2D eigenvalue weighted by molar-refractivity contribution is 0.179. The molecule has 90 valence electrons. The number of aromatic nitrogens is 2. The molecule has 0 saturated carbocycles. The van der Waals surface area contributed by atoms with Crippen LogP contribution in [0.15, 0.2) is 17.4 Å². The van der Waals surface area contributed by atoms with Crippen LogP contribution in [-0.4, -0.2) is 35.7 Å². The van der Waals surface area contributed by atoms with Gasteiger partial charge in [0.25, 0.3) is 0 Å². The average Bonchev–Trinajstić information content (AvgIpc) is 2.77. The lowest BCUT2D eigenvalue weighted by Gasteiger charge is -2.15. The highest BCUT2D eigenvalue weighted by Crippen LogP contribution is 1.91. The molecule has 0 fully saturated rings. The second-order valence-corrected chi connectivity index (χ2v) is 3.35. The Balaban J connectivity index is 2.43. The van der Waals surface area contributed by atoms with E-state index in [2.05, 4.69) is 25.7 Å². The fourth-order valence-corrected chi connectivity index (χ4v) is 1.20. The number of nitrogens with two attached hydrogens (primary N) is 1. The van der Waals surface area contributed by atoms with Crippen molar-refractivity contribution in [2.24, 2.45) is 10.8 Å². The van der Waals surface area contributed by atoms with Crippen LogP contribution in [0.5, 0.6) is 0 Å². The van der Waals surface area contributed by atoms with Crippen molar-refractivity contribution in [1.29, 1.82) is 0 Å². The maximum atomic E-state index is 5.34. The van der Waals surface area contributed by atoms with E-state index in [0.717, 1.165) is 5.82 Å². The normalized spacial score (nSPS) is 13.6. The number of ether oxygens (including phenoxy) is 1. The van der Waals surface area contributed by atoms with Gasteiger partial charge in [-0.15, -0.1) is 0 Å². The van der Waals surface area contributed by atoms with Gasteiger partial charge >= 0.3 is 0 Å². The fourth-order valence-electron chi connectivity index (χ4n) is 1.20. The first-order valence-corrected chi connectivity index (χ1v) is 5.01. The van der Waals surface area contributed by atoms with Gasteiger partial charge in [-0.3, -0.25) is 5.43 Å². The molecular weight excluding hydrogens is 208 g/mol. The number of rotatable bonds is 5. The quantitative estimate of drug-likeness (QED) is 0.231. The molecular formula is C9H18N6O. The van der Waals surface area contributed by atoms with Crippen LogP contribution < -0.4 is 16.6 Å². The number of aliphatic imine (C=N–C) groups is 1. The zero-order valence-electron chi connectivity index (χ0n) is 9.53. The van der Waals surface area contributed by atoms with Crippen molar-refractivity contribution < 1.29 is 4.74 Å². The molecule has 1 aromatic rings. The van der Waals surface area contributed by atoms with Gasteiger partial charge in [-0.2, -0.15) is 0 Å². The predicted octanol–water partition coefficient (Wildman–Crippen LogP) is -0.646. The molecule has 1 atom stereocenters. The summed E-state index contributed by atoms with van der Waals surface area (Å²) < 4.78 is 4.99. The van der Waals surface area contributed by atoms with Crippen LogP contribution in [0, 0.1) is 0 Å². The number of hydrogen-bond acceptors (Lipinski definition) is 4. The Hall–Kier alpha value is -1.60. The molecule has 7 nitrogen and oxygen atoms in total. The zero-order chi connectivity index (χ0) is 11.8. The molecule has 1 unspecified atom stereocenters. The molecule has 0 saturated heterocycles. The van der Waals surface area contributed by atoms with Gasteiger partial charge in [0.1, 0.15) is 12.4 Å². The van der Waals surface area contributed by atoms with Crippen LogP contribution in [0.3, 0.4) is 0 Å². The molecule has 0 radical (unpaired) electrons. The molecule has 1 heterocycles. The number of nitrogens with zero attached hydrogens (tertiary/aromatic N) is 2. The van der Waals surface area contributed by atoms with E-state index in [4.69, 9.17) is 10.6 Å².